The van der Waals surface area contributed by atoms with Crippen molar-refractivity contribution in [3.8, 4) is 0 Å². The van der Waals surface area contributed by atoms with Crippen LogP contribution < -0.4 is 10.2 Å². The van der Waals surface area contributed by atoms with Crippen LogP contribution in [0.5, 0.6) is 0 Å². The number of nitrogens with one attached hydrogen (secondary N) is 1. The van der Waals surface area contributed by atoms with Crippen molar-refractivity contribution in [2.24, 2.45) is 0 Å². The largest absolute Gasteiger partial charge is 0.385 e. The quantitative estimate of drug-likeness (QED) is 0.843. The minimum atomic E-state index is -0.849. The van der Waals surface area contributed by atoms with Gasteiger partial charge in [-0.3, -0.25) is 4.90 Å². The van der Waals surface area contributed by atoms with Gasteiger partial charge in [0.05, 0.1) is 11.3 Å². The molecule has 0 spiro atoms. The van der Waals surface area contributed by atoms with Crippen LogP contribution in [-0.2, 0) is 5.60 Å². The average Bonchev–Trinajstić information content (AvgIpc) is 2.36. The summed E-state index contributed by atoms with van der Waals surface area (Å²) < 4.78 is 0. The molecule has 1 aromatic rings. The highest BCUT2D eigenvalue weighted by atomic mass is 16.3. The number of carbonyl (C=O) groups is 1. The van der Waals surface area contributed by atoms with Crippen molar-refractivity contribution in [2.75, 3.05) is 18.0 Å². The summed E-state index contributed by atoms with van der Waals surface area (Å²) in [4.78, 5) is 13.8. The molecule has 0 aliphatic carbocycles. The van der Waals surface area contributed by atoms with Crippen LogP contribution >= 0.6 is 0 Å². The van der Waals surface area contributed by atoms with E-state index in [1.165, 1.54) is 0 Å². The van der Waals surface area contributed by atoms with E-state index in [0.29, 0.717) is 19.5 Å². The number of amides is 2. The summed E-state index contributed by atoms with van der Waals surface area (Å²) in [5.74, 6) is 0. The molecule has 1 unspecified atom stereocenters. The van der Waals surface area contributed by atoms with Gasteiger partial charge in [-0.05, 0) is 25.8 Å². The zero-order valence-corrected chi connectivity index (χ0v) is 10.9. The molecule has 0 saturated heterocycles. The smallest absolute Gasteiger partial charge is 0.321 e. The number of anilines is 1. The predicted octanol–water partition coefficient (Wildman–Crippen LogP) is 2.22. The molecule has 2 N–H and O–H groups in total. The zero-order valence-electron chi connectivity index (χ0n) is 10.9. The SMILES string of the molecule is CCCNC(=O)N1CCC(C)(O)c2ccccc21. The number of carbonyl (C=O) groups excluding carboxylic acids is 1. The normalized spacial score (nSPS) is 22.5. The van der Waals surface area contributed by atoms with Gasteiger partial charge in [-0.2, -0.15) is 0 Å². The fraction of sp³-hybridized carbons (Fsp3) is 0.500. The van der Waals surface area contributed by atoms with Crippen molar-refractivity contribution < 1.29 is 9.90 Å². The third-order valence-corrected chi connectivity index (χ3v) is 3.37. The van der Waals surface area contributed by atoms with Crippen molar-refractivity contribution in [1.82, 2.24) is 5.32 Å². The van der Waals surface area contributed by atoms with Crippen LogP contribution in [0.2, 0.25) is 0 Å². The van der Waals surface area contributed by atoms with Crippen molar-refractivity contribution in [3.63, 3.8) is 0 Å². The number of rotatable bonds is 2. The van der Waals surface area contributed by atoms with E-state index in [-0.39, 0.29) is 6.03 Å². The highest BCUT2D eigenvalue weighted by Crippen LogP contribution is 2.37. The first-order valence-electron chi connectivity index (χ1n) is 6.43. The second-order valence-electron chi connectivity index (χ2n) is 4.92. The van der Waals surface area contributed by atoms with Gasteiger partial charge >= 0.3 is 6.03 Å². The number of nitrogens with zero attached hydrogens (tertiary/aromatic N) is 1. The van der Waals surface area contributed by atoms with Crippen LogP contribution in [0, 0.1) is 0 Å². The van der Waals surface area contributed by atoms with Gasteiger partial charge in [-0.25, -0.2) is 4.79 Å². The topological polar surface area (TPSA) is 52.6 Å². The molecule has 98 valence electrons. The number of aliphatic hydroxyl groups is 1. The lowest BCUT2D eigenvalue weighted by molar-refractivity contribution is 0.0463. The first kappa shape index (κ1) is 12.9. The van der Waals surface area contributed by atoms with E-state index in [0.717, 1.165) is 17.7 Å². The second-order valence-corrected chi connectivity index (χ2v) is 4.92. The molecule has 4 heteroatoms. The Labute approximate surface area is 108 Å². The number of benzene rings is 1. The average molecular weight is 248 g/mol. The monoisotopic (exact) mass is 248 g/mol. The van der Waals surface area contributed by atoms with Gasteiger partial charge in [0.25, 0.3) is 0 Å². The maximum absolute atomic E-state index is 12.1. The number of fused-ring (bicyclic) bond motifs is 1. The molecule has 1 aromatic carbocycles. The summed E-state index contributed by atoms with van der Waals surface area (Å²) in [5, 5.41) is 13.2. The first-order chi connectivity index (χ1) is 8.56. The van der Waals surface area contributed by atoms with Crippen LogP contribution in [0.3, 0.4) is 0 Å². The van der Waals surface area contributed by atoms with Crippen LogP contribution in [0.15, 0.2) is 24.3 Å². The molecule has 2 amide bonds. The van der Waals surface area contributed by atoms with Crippen molar-refractivity contribution in [1.29, 1.82) is 0 Å². The molecular weight excluding hydrogens is 228 g/mol. The molecule has 1 atom stereocenters. The van der Waals surface area contributed by atoms with E-state index < -0.39 is 5.60 Å². The second kappa shape index (κ2) is 4.98. The fourth-order valence-corrected chi connectivity index (χ4v) is 2.29. The van der Waals surface area contributed by atoms with Gasteiger partial charge in [0.2, 0.25) is 0 Å². The summed E-state index contributed by atoms with van der Waals surface area (Å²) in [7, 11) is 0. The summed E-state index contributed by atoms with van der Waals surface area (Å²) >= 11 is 0. The molecular formula is C14H20N2O2. The zero-order chi connectivity index (χ0) is 13.2. The minimum Gasteiger partial charge on any atom is -0.385 e. The van der Waals surface area contributed by atoms with Crippen molar-refractivity contribution >= 4 is 11.7 Å². The molecule has 2 rings (SSSR count). The minimum absolute atomic E-state index is 0.0835. The number of hydrogen-bond donors (Lipinski definition) is 2. The fourth-order valence-electron chi connectivity index (χ4n) is 2.29. The van der Waals surface area contributed by atoms with Crippen LogP contribution in [0.1, 0.15) is 32.3 Å². The van der Waals surface area contributed by atoms with E-state index in [4.69, 9.17) is 0 Å². The summed E-state index contributed by atoms with van der Waals surface area (Å²) in [6.45, 7) is 5.04. The molecule has 0 saturated carbocycles. The first-order valence-corrected chi connectivity index (χ1v) is 6.43. The maximum atomic E-state index is 12.1. The van der Waals surface area contributed by atoms with Crippen molar-refractivity contribution in [3.05, 3.63) is 29.8 Å². The Morgan fingerprint density at radius 2 is 2.22 bits per heavy atom. The Morgan fingerprint density at radius 3 is 2.94 bits per heavy atom. The highest BCUT2D eigenvalue weighted by Gasteiger charge is 2.34. The third kappa shape index (κ3) is 2.34. The van der Waals surface area contributed by atoms with Crippen LogP contribution in [0.25, 0.3) is 0 Å². The Morgan fingerprint density at radius 1 is 1.50 bits per heavy atom. The Hall–Kier alpha value is -1.55. The maximum Gasteiger partial charge on any atom is 0.321 e. The van der Waals surface area contributed by atoms with Gasteiger partial charge < -0.3 is 10.4 Å². The van der Waals surface area contributed by atoms with E-state index in [9.17, 15) is 9.90 Å². The molecule has 1 aliphatic rings. The van der Waals surface area contributed by atoms with Crippen LogP contribution in [-0.4, -0.2) is 24.2 Å². The molecule has 1 aliphatic heterocycles. The lowest BCUT2D eigenvalue weighted by Crippen LogP contribution is -2.46. The summed E-state index contributed by atoms with van der Waals surface area (Å²) in [5.41, 5.74) is 0.781. The number of hydrogen-bond acceptors (Lipinski definition) is 2. The van der Waals surface area contributed by atoms with Gasteiger partial charge in [0.1, 0.15) is 0 Å². The number of urea groups is 1. The molecule has 0 fully saturated rings. The predicted molar refractivity (Wildman–Crippen MR) is 71.7 cm³/mol. The molecule has 1 heterocycles. The highest BCUT2D eigenvalue weighted by molar-refractivity contribution is 5.93. The molecule has 0 aromatic heterocycles. The number of para-hydroxylation sites is 1. The Bertz CT molecular complexity index is 443. The van der Waals surface area contributed by atoms with E-state index in [2.05, 4.69) is 5.32 Å². The Balaban J connectivity index is 2.28. The van der Waals surface area contributed by atoms with Gasteiger partial charge in [-0.15, -0.1) is 0 Å². The van der Waals surface area contributed by atoms with Crippen LogP contribution in [0.4, 0.5) is 10.5 Å². The van der Waals surface area contributed by atoms with E-state index >= 15 is 0 Å². The van der Waals surface area contributed by atoms with Crippen molar-refractivity contribution in [2.45, 2.75) is 32.3 Å². The van der Waals surface area contributed by atoms with Gasteiger partial charge in [-0.1, -0.05) is 25.1 Å². The third-order valence-electron chi connectivity index (χ3n) is 3.37. The Kier molecular flexibility index (Phi) is 3.57. The van der Waals surface area contributed by atoms with Gasteiger partial charge in [0.15, 0.2) is 0 Å². The summed E-state index contributed by atoms with van der Waals surface area (Å²) in [6.07, 6.45) is 1.47. The van der Waals surface area contributed by atoms with Gasteiger partial charge in [0, 0.05) is 18.7 Å². The van der Waals surface area contributed by atoms with E-state index in [1.807, 2.05) is 31.2 Å². The molecule has 0 bridgehead atoms. The molecule has 18 heavy (non-hydrogen) atoms. The lowest BCUT2D eigenvalue weighted by atomic mass is 9.87. The summed E-state index contributed by atoms with van der Waals surface area (Å²) in [6, 6.07) is 7.46. The molecule has 0 radical (unpaired) electrons. The standard InChI is InChI=1S/C14H20N2O2/c1-3-9-15-13(17)16-10-8-14(2,18)11-6-4-5-7-12(11)16/h4-7,18H,3,8-10H2,1-2H3,(H,15,17). The molecule has 4 nitrogen and oxygen atoms in total. The van der Waals surface area contributed by atoms with E-state index in [1.54, 1.807) is 11.8 Å². The lowest BCUT2D eigenvalue weighted by Gasteiger charge is -2.37.